The van der Waals surface area contributed by atoms with Gasteiger partial charge in [-0.1, -0.05) is 13.0 Å². The zero-order valence-electron chi connectivity index (χ0n) is 36.6. The van der Waals surface area contributed by atoms with Crippen molar-refractivity contribution in [1.29, 1.82) is 0 Å². The van der Waals surface area contributed by atoms with Gasteiger partial charge in [-0.3, -0.25) is 0 Å². The number of amides is 1. The molecule has 18 heteroatoms. The van der Waals surface area contributed by atoms with Gasteiger partial charge in [0, 0.05) is 69.0 Å². The van der Waals surface area contributed by atoms with Crippen LogP contribution >= 0.6 is 10.0 Å². The van der Waals surface area contributed by atoms with Crippen molar-refractivity contribution in [3.63, 3.8) is 0 Å². The average molecular weight is 866 g/mol. The van der Waals surface area contributed by atoms with Crippen LogP contribution in [0, 0.1) is 0 Å². The summed E-state index contributed by atoms with van der Waals surface area (Å²) in [6, 6.07) is 6.21. The van der Waals surface area contributed by atoms with Crippen LogP contribution in [0.3, 0.4) is 0 Å². The summed E-state index contributed by atoms with van der Waals surface area (Å²) in [5.74, 6) is 3.23. The number of piperidine rings is 1. The smallest absolute Gasteiger partial charge is 0.409 e. The first-order valence-corrected chi connectivity index (χ1v) is 24.3. The molecule has 1 aliphatic rings. The van der Waals surface area contributed by atoms with Crippen molar-refractivity contribution in [3.8, 4) is 5.88 Å². The van der Waals surface area contributed by atoms with Gasteiger partial charge < -0.3 is 58.1 Å². The number of nitrogens with zero attached hydrogens (tertiary/aromatic N) is 6. The lowest BCUT2D eigenvalue weighted by Gasteiger charge is -2.36. The number of hydrogen-bond acceptors (Lipinski definition) is 15. The molecule has 60 heavy (non-hydrogen) atoms. The molecule has 1 saturated heterocycles. The minimum absolute atomic E-state index is 0.173. The maximum absolute atomic E-state index is 12.0. The van der Waals surface area contributed by atoms with Gasteiger partial charge >= 0.3 is 6.09 Å². The summed E-state index contributed by atoms with van der Waals surface area (Å²) in [6.45, 7) is 10.6. The van der Waals surface area contributed by atoms with Gasteiger partial charge in [0.15, 0.2) is 5.65 Å². The van der Waals surface area contributed by atoms with Crippen molar-refractivity contribution >= 4 is 33.4 Å². The summed E-state index contributed by atoms with van der Waals surface area (Å²) in [5.41, 5.74) is 2.96. The number of likely N-dealkylation sites (N-methyl/N-ethyl adjacent to an activating group) is 1. The first-order chi connectivity index (χ1) is 29.2. The van der Waals surface area contributed by atoms with Crippen molar-refractivity contribution in [2.75, 3.05) is 154 Å². The third-order valence-corrected chi connectivity index (χ3v) is 11.1. The van der Waals surface area contributed by atoms with Gasteiger partial charge in [-0.05, 0) is 56.4 Å². The quantitative estimate of drug-likeness (QED) is 0.0852. The van der Waals surface area contributed by atoms with E-state index >= 15 is 0 Å². The van der Waals surface area contributed by atoms with E-state index in [4.69, 9.17) is 42.9 Å². The number of aromatic nitrogens is 4. The van der Waals surface area contributed by atoms with Gasteiger partial charge in [0.1, 0.15) is 24.8 Å². The monoisotopic (exact) mass is 865 g/mol. The van der Waals surface area contributed by atoms with Gasteiger partial charge in [-0.15, -0.1) is 0 Å². The summed E-state index contributed by atoms with van der Waals surface area (Å²) in [4.78, 5) is 25.4. The number of rotatable bonds is 32. The lowest BCUT2D eigenvalue weighted by molar-refractivity contribution is -0.0183. The minimum Gasteiger partial charge on any atom is -0.475 e. The van der Waals surface area contributed by atoms with Crippen molar-refractivity contribution in [3.05, 3.63) is 41.7 Å². The highest BCUT2D eigenvalue weighted by molar-refractivity contribution is 8.32. The number of pyridine rings is 1. The molecule has 4 heterocycles. The molecule has 1 atom stereocenters. The third-order valence-electron chi connectivity index (χ3n) is 9.71. The Morgan fingerprint density at radius 3 is 2.08 bits per heavy atom. The molecule has 2 N–H and O–H groups in total. The first kappa shape index (κ1) is 49.2. The maximum atomic E-state index is 12.0. The second-order valence-corrected chi connectivity index (χ2v) is 19.9. The molecule has 3 aromatic rings. The number of carbonyl (C=O) groups excluding carboxylic acids is 1. The van der Waals surface area contributed by atoms with Crippen molar-refractivity contribution in [2.24, 2.45) is 0 Å². The van der Waals surface area contributed by atoms with Crippen LogP contribution in [0.1, 0.15) is 43.7 Å². The molecule has 0 aromatic carbocycles. The molecule has 340 valence electrons. The molecule has 0 aliphatic carbocycles. The van der Waals surface area contributed by atoms with E-state index in [1.807, 2.05) is 29.0 Å². The Labute approximate surface area is 358 Å². The summed E-state index contributed by atoms with van der Waals surface area (Å²) in [7, 11) is 1.03. The predicted molar refractivity (Wildman–Crippen MR) is 235 cm³/mol. The molecule has 1 fully saturated rings. The molecule has 3 aromatic heterocycles. The Morgan fingerprint density at radius 2 is 1.50 bits per heavy atom. The summed E-state index contributed by atoms with van der Waals surface area (Å²) in [5, 5.41) is 17.8. The zero-order chi connectivity index (χ0) is 42.8. The lowest BCUT2D eigenvalue weighted by atomic mass is 9.99. The standard InChI is InChI=1S/C42H71N7O10S/c1-6-36-34-45-49-38(31-39(46-41(36)49)48-13-8-7-9-37(48)12-15-50)43-32-35-10-11-40(44-33-35)58-28-27-57-26-25-56-24-23-55-22-21-54-20-19-53-18-17-52-16-14-47(2)42(51)59-29-30-60(3,4)5/h10-11,31,33-34,37,43,50H,6-9,12-30,32H2,1-5H3/t37-/m0/s1. The topological polar surface area (TPSA) is 173 Å². The van der Waals surface area contributed by atoms with E-state index in [1.54, 1.807) is 7.05 Å². The van der Waals surface area contributed by atoms with Crippen molar-refractivity contribution < 1.29 is 47.8 Å². The van der Waals surface area contributed by atoms with Crippen molar-refractivity contribution in [1.82, 2.24) is 24.5 Å². The molecule has 1 aliphatic heterocycles. The summed E-state index contributed by atoms with van der Waals surface area (Å²) < 4.78 is 46.3. The highest BCUT2D eigenvalue weighted by Gasteiger charge is 2.25. The fourth-order valence-corrected chi connectivity index (χ4v) is 6.83. The highest BCUT2D eigenvalue weighted by atomic mass is 32.3. The van der Waals surface area contributed by atoms with E-state index in [0.717, 1.165) is 66.4 Å². The number of aryl methyl sites for hydroxylation is 1. The normalized spacial score (nSPS) is 14.8. The van der Waals surface area contributed by atoms with Crippen LogP contribution in [0.5, 0.6) is 5.88 Å². The molecule has 0 bridgehead atoms. The predicted octanol–water partition coefficient (Wildman–Crippen LogP) is 4.28. The fraction of sp³-hybridized carbons (Fsp3) is 0.714. The molecule has 0 saturated carbocycles. The van der Waals surface area contributed by atoms with E-state index < -0.39 is 10.0 Å². The molecular formula is C42H71N7O10S. The Bertz CT molecular complexity index is 1610. The van der Waals surface area contributed by atoms with Crippen LogP contribution in [0.15, 0.2) is 30.6 Å². The van der Waals surface area contributed by atoms with Crippen LogP contribution in [0.25, 0.3) is 5.65 Å². The summed E-state index contributed by atoms with van der Waals surface area (Å²) in [6.07, 6.45) is 14.9. The number of carbonyl (C=O) groups is 1. The molecule has 4 rings (SSSR count). The second kappa shape index (κ2) is 28.2. The van der Waals surface area contributed by atoms with Gasteiger partial charge in [0.05, 0.1) is 85.5 Å². The third kappa shape index (κ3) is 18.6. The van der Waals surface area contributed by atoms with E-state index in [-0.39, 0.29) is 18.7 Å². The Kier molecular flexibility index (Phi) is 23.1. The van der Waals surface area contributed by atoms with Crippen LogP contribution < -0.4 is 15.0 Å². The SMILES string of the molecule is CCc1cnn2c(NCc3ccc(OCCOCCOCCOCCOCCOCCOCCN(C)C(=O)OCCS(C)(C)C)nc3)cc(N3CCCC[C@H]3CCO)nc12. The number of anilines is 2. The van der Waals surface area contributed by atoms with E-state index in [9.17, 15) is 9.90 Å². The Morgan fingerprint density at radius 1 is 0.867 bits per heavy atom. The summed E-state index contributed by atoms with van der Waals surface area (Å²) >= 11 is 0. The second-order valence-electron chi connectivity index (χ2n) is 15.3. The maximum Gasteiger partial charge on any atom is 0.409 e. The van der Waals surface area contributed by atoms with Crippen LogP contribution in [-0.2, 0) is 46.1 Å². The van der Waals surface area contributed by atoms with Crippen LogP contribution in [0.4, 0.5) is 16.4 Å². The van der Waals surface area contributed by atoms with Crippen LogP contribution in [0.2, 0.25) is 0 Å². The Hall–Kier alpha value is -3.49. The molecule has 0 radical (unpaired) electrons. The minimum atomic E-state index is -0.677. The molecule has 1 amide bonds. The largest absolute Gasteiger partial charge is 0.475 e. The van der Waals surface area contributed by atoms with Crippen LogP contribution in [-0.4, -0.2) is 185 Å². The first-order valence-electron chi connectivity index (χ1n) is 21.3. The lowest BCUT2D eigenvalue weighted by Crippen LogP contribution is -2.40. The van der Waals surface area contributed by atoms with E-state index in [2.05, 4.69) is 52.1 Å². The number of aliphatic hydroxyl groups excluding tert-OH is 1. The number of hydrogen-bond donors (Lipinski definition) is 2. The molecule has 0 spiro atoms. The van der Waals surface area contributed by atoms with Gasteiger partial charge in [0.2, 0.25) is 5.88 Å². The number of aliphatic hydroxyl groups is 1. The van der Waals surface area contributed by atoms with E-state index in [1.165, 1.54) is 11.3 Å². The molecular weight excluding hydrogens is 795 g/mol. The highest BCUT2D eigenvalue weighted by Crippen LogP contribution is 2.33. The fourth-order valence-electron chi connectivity index (χ4n) is 6.25. The van der Waals surface area contributed by atoms with Gasteiger partial charge in [-0.25, -0.2) is 24.8 Å². The van der Waals surface area contributed by atoms with Gasteiger partial charge in [-0.2, -0.15) is 9.61 Å². The Balaban J connectivity index is 0.950. The van der Waals surface area contributed by atoms with Crippen molar-refractivity contribution in [2.45, 2.75) is 51.6 Å². The van der Waals surface area contributed by atoms with Gasteiger partial charge in [0.25, 0.3) is 0 Å². The molecule has 17 nitrogen and oxygen atoms in total. The molecule has 0 unspecified atom stereocenters. The van der Waals surface area contributed by atoms with E-state index in [0.29, 0.717) is 111 Å². The average Bonchev–Trinajstić information content (AvgIpc) is 3.67. The number of ether oxygens (including phenoxy) is 8. The number of fused-ring (bicyclic) bond motifs is 1. The number of nitrogens with one attached hydrogen (secondary N) is 1. The zero-order valence-corrected chi connectivity index (χ0v) is 37.5.